The average molecular weight is 401 g/mol. The predicted molar refractivity (Wildman–Crippen MR) is 124 cm³/mol. The van der Waals surface area contributed by atoms with Crippen LogP contribution in [-0.2, 0) is 13.0 Å². The van der Waals surface area contributed by atoms with Crippen LogP contribution in [0.2, 0.25) is 0 Å². The molecule has 3 aromatic rings. The predicted octanol–water partition coefficient (Wildman–Crippen LogP) is 7.55. The van der Waals surface area contributed by atoms with Crippen molar-refractivity contribution in [1.29, 1.82) is 0 Å². The molecule has 0 aromatic heterocycles. The Labute approximate surface area is 180 Å². The van der Waals surface area contributed by atoms with E-state index in [0.29, 0.717) is 13.2 Å². The second-order valence-corrected chi connectivity index (χ2v) is 8.15. The smallest absolute Gasteiger partial charge is 0.127 e. The number of para-hydroxylation sites is 1. The molecule has 1 atom stereocenters. The van der Waals surface area contributed by atoms with Crippen LogP contribution in [0.3, 0.4) is 0 Å². The Kier molecular flexibility index (Phi) is 6.74. The molecule has 2 heteroatoms. The monoisotopic (exact) mass is 400 g/mol. The number of rotatable bonds is 8. The topological polar surface area (TPSA) is 18.5 Å². The maximum absolute atomic E-state index is 6.14. The summed E-state index contributed by atoms with van der Waals surface area (Å²) >= 11 is 0. The van der Waals surface area contributed by atoms with Gasteiger partial charge < -0.3 is 9.47 Å². The summed E-state index contributed by atoms with van der Waals surface area (Å²) in [6.07, 6.45) is 6.37. The summed E-state index contributed by atoms with van der Waals surface area (Å²) in [5.74, 6) is 2.65. The van der Waals surface area contributed by atoms with Gasteiger partial charge in [0.05, 0.1) is 6.61 Å². The molecule has 1 aliphatic rings. The van der Waals surface area contributed by atoms with Crippen LogP contribution in [0.4, 0.5) is 0 Å². The summed E-state index contributed by atoms with van der Waals surface area (Å²) in [6, 6.07) is 23.5. The Bertz CT molecular complexity index is 959. The molecule has 0 spiro atoms. The van der Waals surface area contributed by atoms with Crippen molar-refractivity contribution in [2.24, 2.45) is 0 Å². The Hall–Kier alpha value is -2.74. The highest BCUT2D eigenvalue weighted by Gasteiger charge is 2.19. The van der Waals surface area contributed by atoms with E-state index in [1.54, 1.807) is 5.56 Å². The first-order valence-corrected chi connectivity index (χ1v) is 11.3. The van der Waals surface area contributed by atoms with E-state index in [-0.39, 0.29) is 0 Å². The summed E-state index contributed by atoms with van der Waals surface area (Å²) in [7, 11) is 0. The van der Waals surface area contributed by atoms with Gasteiger partial charge in [-0.2, -0.15) is 0 Å². The van der Waals surface area contributed by atoms with E-state index in [9.17, 15) is 0 Å². The van der Waals surface area contributed by atoms with Gasteiger partial charge in [-0.3, -0.25) is 0 Å². The zero-order valence-corrected chi connectivity index (χ0v) is 18.2. The lowest BCUT2D eigenvalue weighted by atomic mass is 9.80. The minimum atomic E-state index is 0.588. The summed E-state index contributed by atoms with van der Waals surface area (Å²) in [4.78, 5) is 0. The van der Waals surface area contributed by atoms with Gasteiger partial charge >= 0.3 is 0 Å². The number of aryl methyl sites for hydroxylation is 1. The second-order valence-electron chi connectivity index (χ2n) is 8.15. The van der Waals surface area contributed by atoms with Gasteiger partial charge in [0.2, 0.25) is 0 Å². The Morgan fingerprint density at radius 3 is 2.53 bits per heavy atom. The van der Waals surface area contributed by atoms with Crippen molar-refractivity contribution in [3.63, 3.8) is 0 Å². The number of ether oxygens (including phenoxy) is 2. The van der Waals surface area contributed by atoms with Gasteiger partial charge in [0.1, 0.15) is 18.1 Å². The first-order chi connectivity index (χ1) is 14.8. The molecule has 4 rings (SSSR count). The Morgan fingerprint density at radius 1 is 0.900 bits per heavy atom. The molecule has 156 valence electrons. The Morgan fingerprint density at radius 2 is 1.73 bits per heavy atom. The van der Waals surface area contributed by atoms with E-state index < -0.39 is 0 Å². The van der Waals surface area contributed by atoms with Crippen molar-refractivity contribution in [3.8, 4) is 22.6 Å². The molecule has 1 aliphatic carbocycles. The number of benzene rings is 3. The molecule has 0 saturated heterocycles. The van der Waals surface area contributed by atoms with Crippen LogP contribution >= 0.6 is 0 Å². The van der Waals surface area contributed by atoms with Crippen LogP contribution in [0.1, 0.15) is 62.1 Å². The minimum absolute atomic E-state index is 0.588. The highest BCUT2D eigenvalue weighted by atomic mass is 16.5. The molecule has 0 aliphatic heterocycles. The van der Waals surface area contributed by atoms with Crippen molar-refractivity contribution in [1.82, 2.24) is 0 Å². The SMILES string of the molecule is CCCC1CCCc2cc(OCc3ccc(-c4ccccc4OCC)cc3)ccc21. The second kappa shape index (κ2) is 9.84. The van der Waals surface area contributed by atoms with Gasteiger partial charge in [-0.05, 0) is 79.0 Å². The number of hydrogen-bond acceptors (Lipinski definition) is 2. The van der Waals surface area contributed by atoms with Gasteiger partial charge in [-0.25, -0.2) is 0 Å². The van der Waals surface area contributed by atoms with Crippen molar-refractivity contribution in [3.05, 3.63) is 83.4 Å². The quantitative estimate of drug-likeness (QED) is 0.388. The maximum atomic E-state index is 6.14. The fourth-order valence-corrected chi connectivity index (χ4v) is 4.56. The zero-order valence-electron chi connectivity index (χ0n) is 18.2. The summed E-state index contributed by atoms with van der Waals surface area (Å²) in [6.45, 7) is 5.56. The molecule has 2 nitrogen and oxygen atoms in total. The van der Waals surface area contributed by atoms with E-state index in [2.05, 4.69) is 61.5 Å². The fraction of sp³-hybridized carbons (Fsp3) is 0.357. The van der Waals surface area contributed by atoms with E-state index >= 15 is 0 Å². The highest BCUT2D eigenvalue weighted by molar-refractivity contribution is 5.70. The van der Waals surface area contributed by atoms with E-state index in [4.69, 9.17) is 9.47 Å². The van der Waals surface area contributed by atoms with E-state index in [1.807, 2.05) is 19.1 Å². The van der Waals surface area contributed by atoms with Gasteiger partial charge in [0.15, 0.2) is 0 Å². The molecule has 0 amide bonds. The molecule has 0 heterocycles. The number of hydrogen-bond donors (Lipinski definition) is 0. The minimum Gasteiger partial charge on any atom is -0.493 e. The standard InChI is InChI=1S/C28H32O2/c1-3-8-22-9-7-10-24-19-25(17-18-26(22)24)30-20-21-13-15-23(16-14-21)27-11-5-6-12-28(27)29-4-2/h5-6,11-19,22H,3-4,7-10,20H2,1-2H3. The van der Waals surface area contributed by atoms with Crippen LogP contribution in [0.15, 0.2) is 66.7 Å². The molecule has 0 saturated carbocycles. The third-order valence-electron chi connectivity index (χ3n) is 6.05. The normalized spacial score (nSPS) is 15.5. The van der Waals surface area contributed by atoms with Crippen LogP contribution in [0.5, 0.6) is 11.5 Å². The lowest BCUT2D eigenvalue weighted by molar-refractivity contribution is 0.305. The third kappa shape index (κ3) is 4.70. The summed E-state index contributed by atoms with van der Waals surface area (Å²) in [5.41, 5.74) is 6.50. The van der Waals surface area contributed by atoms with E-state index in [0.717, 1.165) is 23.0 Å². The first-order valence-electron chi connectivity index (χ1n) is 11.3. The van der Waals surface area contributed by atoms with Crippen molar-refractivity contribution in [2.45, 2.75) is 58.5 Å². The van der Waals surface area contributed by atoms with E-state index in [1.165, 1.54) is 48.8 Å². The summed E-state index contributed by atoms with van der Waals surface area (Å²) < 4.78 is 11.9. The molecule has 1 unspecified atom stereocenters. The molecule has 0 N–H and O–H groups in total. The van der Waals surface area contributed by atoms with Gasteiger partial charge in [-0.15, -0.1) is 0 Å². The first kappa shape index (κ1) is 20.5. The van der Waals surface area contributed by atoms with Crippen molar-refractivity contribution in [2.75, 3.05) is 6.61 Å². The summed E-state index contributed by atoms with van der Waals surface area (Å²) in [5, 5.41) is 0. The lowest BCUT2D eigenvalue weighted by Gasteiger charge is -2.25. The number of fused-ring (bicyclic) bond motifs is 1. The Balaban J connectivity index is 1.43. The van der Waals surface area contributed by atoms with Crippen LogP contribution in [0, 0.1) is 0 Å². The van der Waals surface area contributed by atoms with Crippen LogP contribution in [-0.4, -0.2) is 6.61 Å². The largest absolute Gasteiger partial charge is 0.493 e. The maximum Gasteiger partial charge on any atom is 0.127 e. The van der Waals surface area contributed by atoms with Gasteiger partial charge in [0.25, 0.3) is 0 Å². The van der Waals surface area contributed by atoms with Crippen LogP contribution in [0.25, 0.3) is 11.1 Å². The van der Waals surface area contributed by atoms with Gasteiger partial charge in [-0.1, -0.05) is 61.9 Å². The molecular formula is C28H32O2. The molecule has 0 fully saturated rings. The van der Waals surface area contributed by atoms with Crippen molar-refractivity contribution >= 4 is 0 Å². The van der Waals surface area contributed by atoms with Crippen molar-refractivity contribution < 1.29 is 9.47 Å². The fourth-order valence-electron chi connectivity index (χ4n) is 4.56. The molecule has 3 aromatic carbocycles. The van der Waals surface area contributed by atoms with Gasteiger partial charge in [0, 0.05) is 5.56 Å². The van der Waals surface area contributed by atoms with Crippen LogP contribution < -0.4 is 9.47 Å². The molecule has 0 bridgehead atoms. The average Bonchev–Trinajstić information content (AvgIpc) is 2.79. The highest BCUT2D eigenvalue weighted by Crippen LogP contribution is 2.36. The lowest BCUT2D eigenvalue weighted by Crippen LogP contribution is -2.10. The zero-order chi connectivity index (χ0) is 20.8. The molecule has 0 radical (unpaired) electrons. The third-order valence-corrected chi connectivity index (χ3v) is 6.05. The molecular weight excluding hydrogens is 368 g/mol. The molecule has 30 heavy (non-hydrogen) atoms.